The number of fused-ring (bicyclic) bond motifs is 1. The monoisotopic (exact) mass is 1140 g/mol. The van der Waals surface area contributed by atoms with Crippen LogP contribution in [-0.2, 0) is 9.59 Å². The first-order valence-corrected chi connectivity index (χ1v) is 32.3. The summed E-state index contributed by atoms with van der Waals surface area (Å²) in [7, 11) is 0. The molecule has 0 spiro atoms. The van der Waals surface area contributed by atoms with Crippen LogP contribution in [0.1, 0.15) is 75.0 Å². The van der Waals surface area contributed by atoms with Gasteiger partial charge in [-0.05, 0) is 170 Å². The lowest BCUT2D eigenvalue weighted by atomic mass is 10.1. The van der Waals surface area contributed by atoms with Gasteiger partial charge in [0, 0.05) is 68.3 Å². The van der Waals surface area contributed by atoms with E-state index in [1.165, 1.54) is 98.4 Å². The molecule has 14 heteroatoms. The first kappa shape index (κ1) is 50.9. The van der Waals surface area contributed by atoms with Crippen LogP contribution in [0.3, 0.4) is 0 Å². The average molecular weight is 1150 g/mol. The van der Waals surface area contributed by atoms with E-state index in [-0.39, 0.29) is 11.8 Å². The molecule has 76 heavy (non-hydrogen) atoms. The predicted octanol–water partition coefficient (Wildman–Crippen LogP) is 19.8. The number of carbonyl (C=O) groups excluding carboxylic acids is 2. The zero-order valence-electron chi connectivity index (χ0n) is 41.8. The van der Waals surface area contributed by atoms with E-state index >= 15 is 0 Å². The molecule has 2 aromatic carbocycles. The summed E-state index contributed by atoms with van der Waals surface area (Å²) in [5.41, 5.74) is 4.37. The van der Waals surface area contributed by atoms with E-state index in [2.05, 4.69) is 158 Å². The van der Waals surface area contributed by atoms with Crippen LogP contribution in [0.4, 0.5) is 0 Å². The smallest absolute Gasteiger partial charge is 0.258 e. The molecule has 0 fully saturated rings. The summed E-state index contributed by atoms with van der Waals surface area (Å²) in [5.74, 6) is 1.34. The van der Waals surface area contributed by atoms with E-state index < -0.39 is 0 Å². The molecule has 0 unspecified atom stereocenters. The van der Waals surface area contributed by atoms with Crippen LogP contribution >= 0.6 is 90.7 Å². The molecule has 2 aliphatic heterocycles. The number of hydrogen-bond acceptors (Lipinski definition) is 12. The van der Waals surface area contributed by atoms with Crippen LogP contribution in [0.5, 0.6) is 11.5 Å². The Morgan fingerprint density at radius 3 is 0.842 bits per heavy atom. The van der Waals surface area contributed by atoms with Gasteiger partial charge in [-0.2, -0.15) is 0 Å². The topological polar surface area (TPSA) is 76.7 Å². The summed E-state index contributed by atoms with van der Waals surface area (Å²) in [5, 5.41) is 6.15. The Morgan fingerprint density at radius 2 is 0.553 bits per heavy atom. The lowest BCUT2D eigenvalue weighted by molar-refractivity contribution is -0.117. The van der Waals surface area contributed by atoms with Crippen LogP contribution in [0.2, 0.25) is 0 Å². The molecule has 8 aromatic heterocycles. The molecule has 0 atom stereocenters. The molecule has 12 rings (SSSR count). The molecule has 2 aliphatic rings. The van der Waals surface area contributed by atoms with Gasteiger partial charge in [-0.15, -0.1) is 90.7 Å². The van der Waals surface area contributed by atoms with Gasteiger partial charge in [-0.25, -0.2) is 0 Å². The van der Waals surface area contributed by atoms with Gasteiger partial charge in [-0.3, -0.25) is 9.59 Å². The van der Waals surface area contributed by atoms with Crippen LogP contribution < -0.4 is 20.1 Å². The van der Waals surface area contributed by atoms with E-state index in [0.717, 1.165) is 66.8 Å². The van der Waals surface area contributed by atoms with E-state index in [0.29, 0.717) is 22.5 Å². The van der Waals surface area contributed by atoms with Crippen molar-refractivity contribution in [2.75, 3.05) is 13.2 Å². The minimum absolute atomic E-state index is 0.259. The summed E-state index contributed by atoms with van der Waals surface area (Å²) in [6.45, 7) is 5.99. The summed E-state index contributed by atoms with van der Waals surface area (Å²) in [4.78, 5) is 46.0. The Balaban J connectivity index is 0.691. The second kappa shape index (κ2) is 23.0. The third-order valence-corrected chi connectivity index (χ3v) is 23.3. The predicted molar refractivity (Wildman–Crippen MR) is 329 cm³/mol. The highest BCUT2D eigenvalue weighted by atomic mass is 32.1. The fourth-order valence-corrected chi connectivity index (χ4v) is 17.9. The molecule has 2 amide bonds. The molecule has 10 heterocycles. The first-order chi connectivity index (χ1) is 37.3. The third-order valence-electron chi connectivity index (χ3n) is 13.3. The molecule has 6 nitrogen and oxygen atoms in total. The largest absolute Gasteiger partial charge is 0.494 e. The van der Waals surface area contributed by atoms with Gasteiger partial charge in [0.25, 0.3) is 11.8 Å². The molecule has 0 saturated carbocycles. The van der Waals surface area contributed by atoms with Gasteiger partial charge < -0.3 is 20.1 Å². The highest BCUT2D eigenvalue weighted by Crippen LogP contribution is 2.48. The second-order valence-corrected chi connectivity index (χ2v) is 27.3. The standard InChI is InChI=1S/C62H52N2O4S8/c1-3-5-7-9-35-67-39-15-11-37(12-16-39)41-19-21-43(69-41)45-23-25-47(71-45)49-27-29-51(73-49)53-31-33-55(75-53)59-57-58(62(66)63-59)60(64-61(57)65)56-34-32-54(76-56)52-30-28-50(74-52)48-26-24-46(72-48)44-22-20-42(70-44)38-13-17-40(18-14-38)68-36-10-8-6-4-2/h11-34H,3-10,35-36H2,1-2H3,(H,63,66)(H,64,65). The molecule has 382 valence electrons. The number of nitrogens with one attached hydrogen (secondary N) is 2. The molecule has 0 bridgehead atoms. The number of ether oxygens (including phenoxy) is 2. The molecule has 2 N–H and O–H groups in total. The normalized spacial score (nSPS) is 13.3. The van der Waals surface area contributed by atoms with Crippen molar-refractivity contribution in [2.45, 2.75) is 65.2 Å². The SMILES string of the molecule is CCCCCCOc1ccc(-c2ccc(-c3ccc(-c4ccc(-c5ccc(C6=C7C(=O)NC(c8ccc(-c9ccc(-c%10ccc(-c%11ccc(-c%12ccc(OCCCCCC)cc%12)s%11)s%10)s9)s8)=C7C(=O)N6)s5)s4)s3)s2)cc1. The molecular formula is C62H52N2O4S8. The number of rotatable bonds is 22. The third kappa shape index (κ3) is 10.8. The first-order valence-electron chi connectivity index (χ1n) is 25.8. The van der Waals surface area contributed by atoms with Gasteiger partial charge >= 0.3 is 0 Å². The van der Waals surface area contributed by atoms with E-state index in [1.54, 1.807) is 45.3 Å². The second-order valence-electron chi connectivity index (χ2n) is 18.6. The van der Waals surface area contributed by atoms with Crippen molar-refractivity contribution >= 4 is 114 Å². The maximum Gasteiger partial charge on any atom is 0.258 e. The number of unbranched alkanes of at least 4 members (excludes halogenated alkanes) is 6. The summed E-state index contributed by atoms with van der Waals surface area (Å²) >= 11 is 13.9. The molecule has 10 aromatic rings. The summed E-state index contributed by atoms with van der Waals surface area (Å²) < 4.78 is 11.9. The maximum absolute atomic E-state index is 13.7. The molecule has 0 aliphatic carbocycles. The molecule has 0 radical (unpaired) electrons. The average Bonchev–Trinajstić information content (AvgIpc) is 4.28. The lowest BCUT2D eigenvalue weighted by Crippen LogP contribution is -2.20. The van der Waals surface area contributed by atoms with E-state index in [9.17, 15) is 9.59 Å². The van der Waals surface area contributed by atoms with Gasteiger partial charge in [0.1, 0.15) is 11.5 Å². The van der Waals surface area contributed by atoms with E-state index in [4.69, 9.17) is 9.47 Å². The van der Waals surface area contributed by atoms with Gasteiger partial charge in [0.15, 0.2) is 0 Å². The van der Waals surface area contributed by atoms with Crippen LogP contribution in [0.15, 0.2) is 157 Å². The fraction of sp³-hybridized carbons (Fsp3) is 0.194. The Bertz CT molecular complexity index is 3500. The van der Waals surface area contributed by atoms with Gasteiger partial charge in [0.2, 0.25) is 0 Å². The lowest BCUT2D eigenvalue weighted by Gasteiger charge is -2.06. The van der Waals surface area contributed by atoms with E-state index in [1.807, 2.05) is 57.5 Å². The van der Waals surface area contributed by atoms with Crippen molar-refractivity contribution in [1.29, 1.82) is 0 Å². The highest BCUT2D eigenvalue weighted by Gasteiger charge is 2.41. The Kier molecular flexibility index (Phi) is 15.4. The molecule has 0 saturated heterocycles. The Morgan fingerprint density at radius 1 is 0.303 bits per heavy atom. The van der Waals surface area contributed by atoms with Crippen molar-refractivity contribution in [3.63, 3.8) is 0 Å². The zero-order valence-corrected chi connectivity index (χ0v) is 48.4. The van der Waals surface area contributed by atoms with Gasteiger partial charge in [-0.1, -0.05) is 52.4 Å². The number of amides is 2. The summed E-state index contributed by atoms with van der Waals surface area (Å²) in [6, 6.07) is 51.6. The number of carbonyl (C=O) groups is 2. The van der Waals surface area contributed by atoms with Crippen molar-refractivity contribution < 1.29 is 19.1 Å². The van der Waals surface area contributed by atoms with Gasteiger partial charge in [0.05, 0.1) is 45.5 Å². The molecular weight excluding hydrogens is 1090 g/mol. The number of benzene rings is 2. The van der Waals surface area contributed by atoms with Crippen LogP contribution in [0, 0.1) is 0 Å². The Labute approximate surface area is 475 Å². The quantitative estimate of drug-likeness (QED) is 0.0663. The van der Waals surface area contributed by atoms with Crippen molar-refractivity contribution in [1.82, 2.24) is 10.6 Å². The maximum atomic E-state index is 13.7. The van der Waals surface area contributed by atoms with Crippen molar-refractivity contribution in [2.24, 2.45) is 0 Å². The number of thiophene rings is 8. The summed E-state index contributed by atoms with van der Waals surface area (Å²) in [6.07, 6.45) is 9.60. The highest BCUT2D eigenvalue weighted by molar-refractivity contribution is 7.30. The minimum atomic E-state index is -0.259. The van der Waals surface area contributed by atoms with Crippen molar-refractivity contribution in [3.05, 3.63) is 166 Å². The fourth-order valence-electron chi connectivity index (χ4n) is 9.29. The van der Waals surface area contributed by atoms with Crippen LogP contribution in [-0.4, -0.2) is 25.0 Å². The minimum Gasteiger partial charge on any atom is -0.494 e. The van der Waals surface area contributed by atoms with Crippen molar-refractivity contribution in [3.8, 4) is 90.9 Å². The number of hydrogen-bond donors (Lipinski definition) is 2. The van der Waals surface area contributed by atoms with Crippen LogP contribution in [0.25, 0.3) is 90.8 Å². The zero-order chi connectivity index (χ0) is 51.5. The Hall–Kier alpha value is -5.94.